The molecular formula is C20H25ClN4O3. The number of amides is 3. The number of halogens is 1. The summed E-state index contributed by atoms with van der Waals surface area (Å²) in [5, 5.41) is 5.57. The van der Waals surface area contributed by atoms with Gasteiger partial charge >= 0.3 is 6.03 Å². The summed E-state index contributed by atoms with van der Waals surface area (Å²) in [5.41, 5.74) is 9.34. The van der Waals surface area contributed by atoms with Crippen molar-refractivity contribution in [1.82, 2.24) is 10.2 Å². The zero-order valence-electron chi connectivity index (χ0n) is 15.7. The number of nitrogens with one attached hydrogen (secondary N) is 2. The van der Waals surface area contributed by atoms with Gasteiger partial charge in [0.15, 0.2) is 0 Å². The minimum atomic E-state index is -0.191. The molecule has 1 aliphatic rings. The van der Waals surface area contributed by atoms with Crippen LogP contribution in [0.25, 0.3) is 0 Å². The zero-order valence-corrected chi connectivity index (χ0v) is 16.6. The van der Waals surface area contributed by atoms with E-state index >= 15 is 0 Å². The van der Waals surface area contributed by atoms with Gasteiger partial charge in [-0.15, -0.1) is 12.4 Å². The number of carbonyl (C=O) groups is 2. The maximum Gasteiger partial charge on any atom is 0.317 e. The monoisotopic (exact) mass is 404 g/mol. The Hall–Kier alpha value is -2.93. The molecule has 1 aliphatic heterocycles. The second kappa shape index (κ2) is 9.85. The fraction of sp³-hybridized carbons (Fsp3) is 0.300. The summed E-state index contributed by atoms with van der Waals surface area (Å²) in [7, 11) is 1.54. The number of nitrogens with zero attached hydrogens (tertiary/aromatic N) is 1. The van der Waals surface area contributed by atoms with Crippen molar-refractivity contribution in [3.63, 3.8) is 0 Å². The molecule has 0 spiro atoms. The van der Waals surface area contributed by atoms with E-state index in [1.807, 2.05) is 18.2 Å². The fourth-order valence-corrected chi connectivity index (χ4v) is 3.10. The van der Waals surface area contributed by atoms with E-state index in [9.17, 15) is 9.59 Å². The molecule has 3 rings (SSSR count). The van der Waals surface area contributed by atoms with Crippen molar-refractivity contribution in [2.24, 2.45) is 0 Å². The molecule has 3 amide bonds. The highest BCUT2D eigenvalue weighted by atomic mass is 35.5. The summed E-state index contributed by atoms with van der Waals surface area (Å²) in [5.74, 6) is 0.368. The lowest BCUT2D eigenvalue weighted by Gasteiger charge is -2.28. The Balaban J connectivity index is 0.00000280. The van der Waals surface area contributed by atoms with E-state index < -0.39 is 0 Å². The molecule has 2 aromatic rings. The maximum atomic E-state index is 12.3. The third kappa shape index (κ3) is 5.29. The summed E-state index contributed by atoms with van der Waals surface area (Å²) in [6, 6.07) is 13.0. The Morgan fingerprint density at radius 3 is 2.64 bits per heavy atom. The third-order valence-electron chi connectivity index (χ3n) is 4.56. The standard InChI is InChI=1S/C20H24N4O3.ClH/c1-27-18-7-6-16(12-17(18)21)23-19(25)8-10-22-20(26)24-11-9-14-4-2-3-5-15(14)13-24;/h2-7,12H,8-11,13,21H2,1H3,(H,22,26)(H,23,25);1H. The van der Waals surface area contributed by atoms with Crippen molar-refractivity contribution in [1.29, 1.82) is 0 Å². The summed E-state index contributed by atoms with van der Waals surface area (Å²) in [6.45, 7) is 1.55. The van der Waals surface area contributed by atoms with Gasteiger partial charge in [0.2, 0.25) is 5.91 Å². The SMILES string of the molecule is COc1ccc(NC(=O)CCNC(=O)N2CCc3ccccc3C2)cc1N.Cl. The number of fused-ring (bicyclic) bond motifs is 1. The van der Waals surface area contributed by atoms with Gasteiger partial charge in [-0.25, -0.2) is 4.79 Å². The van der Waals surface area contributed by atoms with Crippen LogP contribution in [-0.4, -0.2) is 37.0 Å². The van der Waals surface area contributed by atoms with Crippen LogP contribution >= 0.6 is 12.4 Å². The zero-order chi connectivity index (χ0) is 19.2. The number of benzene rings is 2. The van der Waals surface area contributed by atoms with E-state index in [4.69, 9.17) is 10.5 Å². The number of methoxy groups -OCH3 is 1. The molecule has 0 atom stereocenters. The van der Waals surface area contributed by atoms with Crippen molar-refractivity contribution >= 4 is 35.7 Å². The van der Waals surface area contributed by atoms with Crippen LogP contribution in [0.5, 0.6) is 5.75 Å². The normalized spacial score (nSPS) is 12.4. The van der Waals surface area contributed by atoms with Gasteiger partial charge in [-0.05, 0) is 35.7 Å². The van der Waals surface area contributed by atoms with Gasteiger partial charge in [-0.2, -0.15) is 0 Å². The molecule has 7 nitrogen and oxygen atoms in total. The number of rotatable bonds is 5. The highest BCUT2D eigenvalue weighted by molar-refractivity contribution is 5.91. The summed E-state index contributed by atoms with van der Waals surface area (Å²) in [4.78, 5) is 26.1. The van der Waals surface area contributed by atoms with Crippen LogP contribution in [0.15, 0.2) is 42.5 Å². The lowest BCUT2D eigenvalue weighted by Crippen LogP contribution is -2.43. The van der Waals surface area contributed by atoms with E-state index in [2.05, 4.69) is 16.7 Å². The van der Waals surface area contributed by atoms with Gasteiger partial charge in [-0.3, -0.25) is 4.79 Å². The Bertz CT molecular complexity index is 844. The van der Waals surface area contributed by atoms with Gasteiger partial charge in [0, 0.05) is 31.7 Å². The maximum absolute atomic E-state index is 12.3. The largest absolute Gasteiger partial charge is 0.495 e. The quantitative estimate of drug-likeness (QED) is 0.667. The third-order valence-corrected chi connectivity index (χ3v) is 4.56. The number of anilines is 2. The molecule has 28 heavy (non-hydrogen) atoms. The highest BCUT2D eigenvalue weighted by Crippen LogP contribution is 2.24. The predicted octanol–water partition coefficient (Wildman–Crippen LogP) is 2.80. The lowest BCUT2D eigenvalue weighted by molar-refractivity contribution is -0.116. The van der Waals surface area contributed by atoms with Crippen LogP contribution in [0.4, 0.5) is 16.2 Å². The van der Waals surface area contributed by atoms with Crippen molar-refractivity contribution in [2.75, 3.05) is 31.2 Å². The first-order valence-electron chi connectivity index (χ1n) is 8.89. The number of nitrogens with two attached hydrogens (primary N) is 1. The van der Waals surface area contributed by atoms with Crippen molar-refractivity contribution in [2.45, 2.75) is 19.4 Å². The number of carbonyl (C=O) groups excluding carboxylic acids is 2. The van der Waals surface area contributed by atoms with E-state index in [-0.39, 0.29) is 37.3 Å². The molecule has 0 fully saturated rings. The van der Waals surface area contributed by atoms with Gasteiger partial charge in [-0.1, -0.05) is 24.3 Å². The Morgan fingerprint density at radius 2 is 1.93 bits per heavy atom. The van der Waals surface area contributed by atoms with E-state index in [1.54, 1.807) is 23.1 Å². The fourth-order valence-electron chi connectivity index (χ4n) is 3.10. The van der Waals surface area contributed by atoms with Crippen LogP contribution in [0.2, 0.25) is 0 Å². The molecule has 0 aliphatic carbocycles. The molecular weight excluding hydrogens is 380 g/mol. The number of hydrogen-bond donors (Lipinski definition) is 3. The van der Waals surface area contributed by atoms with Gasteiger partial charge in [0.1, 0.15) is 5.75 Å². The molecule has 0 radical (unpaired) electrons. The van der Waals surface area contributed by atoms with Crippen LogP contribution in [0.3, 0.4) is 0 Å². The first kappa shape index (κ1) is 21.4. The average molecular weight is 405 g/mol. The van der Waals surface area contributed by atoms with Crippen molar-refractivity contribution < 1.29 is 14.3 Å². The molecule has 4 N–H and O–H groups in total. The first-order chi connectivity index (χ1) is 13.1. The Kier molecular flexibility index (Phi) is 7.52. The van der Waals surface area contributed by atoms with Crippen LogP contribution in [0, 0.1) is 0 Å². The van der Waals surface area contributed by atoms with Crippen molar-refractivity contribution in [3.8, 4) is 5.75 Å². The number of nitrogen functional groups attached to an aromatic ring is 1. The predicted molar refractivity (Wildman–Crippen MR) is 112 cm³/mol. The molecule has 0 saturated carbocycles. The molecule has 0 aromatic heterocycles. The number of urea groups is 1. The molecule has 8 heteroatoms. The number of hydrogen-bond acceptors (Lipinski definition) is 4. The van der Waals surface area contributed by atoms with Crippen LogP contribution < -0.4 is 21.1 Å². The molecule has 2 aromatic carbocycles. The number of ether oxygens (including phenoxy) is 1. The first-order valence-corrected chi connectivity index (χ1v) is 8.89. The van der Waals surface area contributed by atoms with Crippen molar-refractivity contribution in [3.05, 3.63) is 53.6 Å². The second-order valence-electron chi connectivity index (χ2n) is 6.43. The summed E-state index contributed by atoms with van der Waals surface area (Å²) < 4.78 is 5.09. The second-order valence-corrected chi connectivity index (χ2v) is 6.43. The minimum absolute atomic E-state index is 0. The van der Waals surface area contributed by atoms with Gasteiger partial charge in [0.05, 0.1) is 12.8 Å². The Labute approximate surface area is 170 Å². The topological polar surface area (TPSA) is 96.7 Å². The molecule has 0 unspecified atom stereocenters. The molecule has 0 saturated heterocycles. The van der Waals surface area contributed by atoms with Crippen LogP contribution in [-0.2, 0) is 17.8 Å². The van der Waals surface area contributed by atoms with Gasteiger partial charge < -0.3 is 26.0 Å². The van der Waals surface area contributed by atoms with E-state index in [1.165, 1.54) is 18.2 Å². The Morgan fingerprint density at radius 1 is 1.18 bits per heavy atom. The lowest BCUT2D eigenvalue weighted by atomic mass is 10.0. The molecule has 0 bridgehead atoms. The molecule has 150 valence electrons. The van der Waals surface area contributed by atoms with E-state index in [0.717, 1.165) is 6.42 Å². The summed E-state index contributed by atoms with van der Waals surface area (Å²) in [6.07, 6.45) is 1.03. The molecule has 1 heterocycles. The average Bonchev–Trinajstić information content (AvgIpc) is 2.67. The van der Waals surface area contributed by atoms with E-state index in [0.29, 0.717) is 30.2 Å². The van der Waals surface area contributed by atoms with Crippen LogP contribution in [0.1, 0.15) is 17.5 Å². The smallest absolute Gasteiger partial charge is 0.317 e. The highest BCUT2D eigenvalue weighted by Gasteiger charge is 2.20. The summed E-state index contributed by atoms with van der Waals surface area (Å²) >= 11 is 0. The van der Waals surface area contributed by atoms with Gasteiger partial charge in [0.25, 0.3) is 0 Å². The minimum Gasteiger partial charge on any atom is -0.495 e.